The van der Waals surface area contributed by atoms with Gasteiger partial charge in [0.15, 0.2) is 10.8 Å². The van der Waals surface area contributed by atoms with Crippen LogP contribution in [0.25, 0.3) is 0 Å². The number of nitrogens with zero attached hydrogens (tertiary/aromatic N) is 3. The average Bonchev–Trinajstić information content (AvgIpc) is 3.22. The zero-order valence-electron chi connectivity index (χ0n) is 17.4. The molecule has 2 aliphatic heterocycles. The Morgan fingerprint density at radius 3 is 2.56 bits per heavy atom. The van der Waals surface area contributed by atoms with Crippen molar-refractivity contribution in [1.82, 2.24) is 15.2 Å². The van der Waals surface area contributed by atoms with Crippen LogP contribution in [-0.4, -0.2) is 62.3 Å². The monoisotopic (exact) mass is 515 g/mol. The van der Waals surface area contributed by atoms with Crippen molar-refractivity contribution < 1.29 is 54.3 Å². The quantitative estimate of drug-likeness (QED) is 0.0578. The van der Waals surface area contributed by atoms with Gasteiger partial charge >= 0.3 is 29.6 Å². The molecule has 0 bridgehead atoms. The fourth-order valence-electron chi connectivity index (χ4n) is 3.41. The van der Waals surface area contributed by atoms with Gasteiger partial charge in [-0.05, 0) is 5.57 Å². The minimum atomic E-state index is -1.62. The van der Waals surface area contributed by atoms with E-state index >= 15 is 0 Å². The van der Waals surface area contributed by atoms with E-state index in [9.17, 15) is 34.3 Å². The van der Waals surface area contributed by atoms with Crippen LogP contribution in [0.15, 0.2) is 31.4 Å². The Morgan fingerprint density at radius 2 is 2.00 bits per heavy atom. The molecule has 172 valence electrons. The molecular formula is C17H14N7NaO7S2. The number of nitrogen functional groups attached to an aromatic ring is 2. The number of thioether (sulfide) groups is 1. The maximum atomic E-state index is 12.7. The molecule has 1 saturated heterocycles. The van der Waals surface area contributed by atoms with Crippen molar-refractivity contribution in [1.29, 1.82) is 0 Å². The number of aliphatic carboxylic acids is 1. The Bertz CT molecular complexity index is 1330. The summed E-state index contributed by atoms with van der Waals surface area (Å²) in [6, 6.07) is -1.09. The summed E-state index contributed by atoms with van der Waals surface area (Å²) in [6.07, 6.45) is 0. The summed E-state index contributed by atoms with van der Waals surface area (Å²) in [5.74, 6) is -3.12. The summed E-state index contributed by atoms with van der Waals surface area (Å²) in [4.78, 5) is 64.5. The number of carbonyl (C=O) groups excluding carboxylic acids is 3. The van der Waals surface area contributed by atoms with E-state index in [0.29, 0.717) is 0 Å². The molecule has 4 rings (SSSR count). The van der Waals surface area contributed by atoms with Crippen LogP contribution in [0, 0.1) is 0 Å². The molecule has 1 aromatic heterocycles. The number of carboxylic acids is 1. The van der Waals surface area contributed by atoms with E-state index in [1.807, 2.05) is 0 Å². The van der Waals surface area contributed by atoms with E-state index in [1.165, 1.54) is 5.38 Å². The molecule has 2 atom stereocenters. The predicted octanol–water partition coefficient (Wildman–Crippen LogP) is -6.40. The van der Waals surface area contributed by atoms with Crippen LogP contribution in [0.3, 0.4) is 0 Å². The van der Waals surface area contributed by atoms with Gasteiger partial charge in [0.2, 0.25) is 0 Å². The van der Waals surface area contributed by atoms with Gasteiger partial charge in [-0.2, -0.15) is 0 Å². The van der Waals surface area contributed by atoms with E-state index < -0.39 is 51.5 Å². The van der Waals surface area contributed by atoms with Crippen molar-refractivity contribution in [3.8, 4) is 0 Å². The summed E-state index contributed by atoms with van der Waals surface area (Å²) in [5, 5.41) is 29.7. The van der Waals surface area contributed by atoms with Gasteiger partial charge in [0.25, 0.3) is 22.7 Å². The zero-order valence-corrected chi connectivity index (χ0v) is 21.0. The van der Waals surface area contributed by atoms with Crippen LogP contribution in [0.2, 0.25) is 0 Å². The first-order chi connectivity index (χ1) is 15.6. The smallest absolute Gasteiger partial charge is 0.543 e. The Morgan fingerprint density at radius 1 is 1.29 bits per heavy atom. The normalized spacial score (nSPS) is 19.8. The second-order valence-corrected chi connectivity index (χ2v) is 8.92. The second kappa shape index (κ2) is 9.75. The van der Waals surface area contributed by atoms with Gasteiger partial charge in [-0.1, -0.05) is 5.16 Å². The number of carbonyl (C=O) groups is 3. The standard InChI is InChI=1S/C17H15N7O7S2.Na/c18-6-8(12(26)11(6)25)20-1-4-2-32-15-9(14(28)24(15)10(4)16(29)30)22-13(27)7(23-31)5-3-33-17(19)21-5;/h3,9,15,20,31H,1-2,18H2,(H2,19,21)(H,22,27)(H,29,30);/q;+1/p-1/b23-7-;/t9-,15-;/m1./s1. The summed E-state index contributed by atoms with van der Waals surface area (Å²) >= 11 is 2.18. The second-order valence-electron chi connectivity index (χ2n) is 6.92. The van der Waals surface area contributed by atoms with Crippen LogP contribution in [0.4, 0.5) is 16.5 Å². The molecule has 34 heavy (non-hydrogen) atoms. The van der Waals surface area contributed by atoms with Crippen LogP contribution in [-0.2, 0) is 14.4 Å². The fraction of sp³-hybridized carbons (Fsp3) is 0.235. The van der Waals surface area contributed by atoms with Gasteiger partial charge in [-0.3, -0.25) is 24.1 Å². The maximum absolute atomic E-state index is 12.7. The average molecular weight is 515 g/mol. The number of anilines is 3. The number of nitrogens with two attached hydrogens (primary N) is 2. The van der Waals surface area contributed by atoms with Crippen LogP contribution in [0.5, 0.6) is 0 Å². The molecule has 1 aromatic carbocycles. The molecule has 0 spiro atoms. The molecule has 14 nitrogen and oxygen atoms in total. The number of oxime groups is 1. The first-order valence-electron chi connectivity index (χ1n) is 9.10. The first-order valence-corrected chi connectivity index (χ1v) is 11.0. The summed E-state index contributed by atoms with van der Waals surface area (Å²) in [6.45, 7) is -0.161. The fourth-order valence-corrected chi connectivity index (χ4v) is 5.30. The van der Waals surface area contributed by atoms with Gasteiger partial charge < -0.3 is 37.2 Å². The SMILES string of the molecule is Nc1nc(/C(=N/O)C(=O)N[C@@H]2C(=O)N3C(C(=O)[O-])=C(CNc4c(N)c(=O)c4=O)CS[C@H]23)cs1.[Na+]. The van der Waals surface area contributed by atoms with Crippen molar-refractivity contribution in [3.05, 3.63) is 42.8 Å². The molecule has 2 aliphatic rings. The van der Waals surface area contributed by atoms with E-state index in [0.717, 1.165) is 28.0 Å². The number of rotatable bonds is 7. The molecule has 3 heterocycles. The molecule has 0 aliphatic carbocycles. The van der Waals surface area contributed by atoms with Crippen LogP contribution < -0.4 is 67.6 Å². The number of aromatic nitrogens is 1. The Hall–Kier alpha value is -2.92. The Labute approximate surface area is 220 Å². The summed E-state index contributed by atoms with van der Waals surface area (Å²) < 4.78 is 0. The maximum Gasteiger partial charge on any atom is 1.00 e. The van der Waals surface area contributed by atoms with E-state index in [-0.39, 0.29) is 69.6 Å². The first kappa shape index (κ1) is 25.7. The van der Waals surface area contributed by atoms with Crippen molar-refractivity contribution in [3.63, 3.8) is 0 Å². The van der Waals surface area contributed by atoms with Gasteiger partial charge in [0.1, 0.15) is 28.5 Å². The van der Waals surface area contributed by atoms with Crippen molar-refractivity contribution >= 4 is 63.1 Å². The van der Waals surface area contributed by atoms with Crippen LogP contribution >= 0.6 is 23.1 Å². The Balaban J connectivity index is 0.00000324. The van der Waals surface area contributed by atoms with Gasteiger partial charge in [0.05, 0.1) is 11.7 Å². The molecule has 7 N–H and O–H groups in total. The third-order valence-electron chi connectivity index (χ3n) is 5.03. The predicted molar refractivity (Wildman–Crippen MR) is 116 cm³/mol. The van der Waals surface area contributed by atoms with Gasteiger partial charge in [-0.15, -0.1) is 23.1 Å². The number of fused-ring (bicyclic) bond motifs is 1. The number of carboxylic acid groups (broad SMARTS) is 1. The topological polar surface area (TPSA) is 233 Å². The Kier molecular flexibility index (Phi) is 7.37. The van der Waals surface area contributed by atoms with E-state index in [4.69, 9.17) is 11.5 Å². The molecule has 2 amide bonds. The van der Waals surface area contributed by atoms with Gasteiger partial charge in [-0.25, -0.2) is 4.98 Å². The third-order valence-corrected chi connectivity index (χ3v) is 7.05. The summed E-state index contributed by atoms with van der Waals surface area (Å²) in [5.41, 5.74) is 8.35. The molecule has 0 unspecified atom stereocenters. The third kappa shape index (κ3) is 4.18. The van der Waals surface area contributed by atoms with Crippen molar-refractivity contribution in [2.75, 3.05) is 29.1 Å². The van der Waals surface area contributed by atoms with Crippen molar-refractivity contribution in [2.24, 2.45) is 5.16 Å². The zero-order chi connectivity index (χ0) is 24.0. The molecule has 0 saturated carbocycles. The molecule has 2 aromatic rings. The minimum Gasteiger partial charge on any atom is -0.543 e. The van der Waals surface area contributed by atoms with Crippen molar-refractivity contribution in [2.45, 2.75) is 11.4 Å². The number of nitrogens with one attached hydrogen (secondary N) is 2. The van der Waals surface area contributed by atoms with E-state index in [2.05, 4.69) is 20.8 Å². The number of hydrogen-bond donors (Lipinski definition) is 5. The van der Waals surface area contributed by atoms with Crippen LogP contribution in [0.1, 0.15) is 5.69 Å². The number of amides is 2. The molecule has 17 heteroatoms. The largest absolute Gasteiger partial charge is 1.00 e. The minimum absolute atomic E-state index is 0. The van der Waals surface area contributed by atoms with Gasteiger partial charge in [0, 0.05) is 17.7 Å². The van der Waals surface area contributed by atoms with E-state index in [1.54, 1.807) is 0 Å². The molecular weight excluding hydrogens is 501 g/mol. The molecule has 0 radical (unpaired) electrons. The summed E-state index contributed by atoms with van der Waals surface area (Å²) in [7, 11) is 0. The number of thiazole rings is 1. The number of β-lactam (4-membered cyclic amide) rings is 1. The number of hydrogen-bond acceptors (Lipinski definition) is 14. The molecule has 1 fully saturated rings.